The highest BCUT2D eigenvalue weighted by Gasteiger charge is 2.22. The fourth-order valence-electron chi connectivity index (χ4n) is 2.49. The summed E-state index contributed by atoms with van der Waals surface area (Å²) in [6.45, 7) is 8.19. The van der Waals surface area contributed by atoms with Crippen LogP contribution in [0.2, 0.25) is 0 Å². The number of nitrogens with zero attached hydrogens (tertiary/aromatic N) is 1. The van der Waals surface area contributed by atoms with E-state index in [1.54, 1.807) is 7.11 Å². The molecule has 1 aromatic carbocycles. The number of hydrogen-bond acceptors (Lipinski definition) is 5. The average molecular weight is 294 g/mol. The van der Waals surface area contributed by atoms with Gasteiger partial charge in [0.25, 0.3) is 0 Å². The Morgan fingerprint density at radius 3 is 2.90 bits per heavy atom. The number of nitrogens with one attached hydrogen (secondary N) is 1. The summed E-state index contributed by atoms with van der Waals surface area (Å²) in [5, 5.41) is 3.39. The Labute approximate surface area is 127 Å². The average Bonchev–Trinajstić information content (AvgIpc) is 2.54. The van der Waals surface area contributed by atoms with E-state index in [1.165, 1.54) is 0 Å². The van der Waals surface area contributed by atoms with Crippen LogP contribution in [-0.2, 0) is 4.74 Å². The lowest BCUT2D eigenvalue weighted by atomic mass is 10.2. The van der Waals surface area contributed by atoms with Gasteiger partial charge in [-0.1, -0.05) is 19.1 Å². The summed E-state index contributed by atoms with van der Waals surface area (Å²) in [5.41, 5.74) is 0. The van der Waals surface area contributed by atoms with Gasteiger partial charge in [0.2, 0.25) is 0 Å². The van der Waals surface area contributed by atoms with E-state index in [0.29, 0.717) is 12.6 Å². The summed E-state index contributed by atoms with van der Waals surface area (Å²) in [6, 6.07) is 8.19. The van der Waals surface area contributed by atoms with Crippen molar-refractivity contribution in [2.75, 3.05) is 53.1 Å². The molecule has 1 unspecified atom stereocenters. The molecule has 0 aromatic heterocycles. The lowest BCUT2D eigenvalue weighted by Crippen LogP contribution is -2.51. The van der Waals surface area contributed by atoms with Gasteiger partial charge in [-0.3, -0.25) is 4.90 Å². The summed E-state index contributed by atoms with van der Waals surface area (Å²) in [5.74, 6) is 1.58. The summed E-state index contributed by atoms with van der Waals surface area (Å²) in [6.07, 6.45) is 0. The third kappa shape index (κ3) is 4.88. The molecule has 0 aliphatic carbocycles. The summed E-state index contributed by atoms with van der Waals surface area (Å²) in [4.78, 5) is 2.43. The fraction of sp³-hybridized carbons (Fsp3) is 0.625. The molecule has 1 N–H and O–H groups in total. The molecule has 0 amide bonds. The second kappa shape index (κ2) is 8.87. The predicted molar refractivity (Wildman–Crippen MR) is 83.2 cm³/mol. The van der Waals surface area contributed by atoms with Crippen LogP contribution in [0.15, 0.2) is 24.3 Å². The van der Waals surface area contributed by atoms with Crippen LogP contribution < -0.4 is 14.8 Å². The van der Waals surface area contributed by atoms with E-state index >= 15 is 0 Å². The predicted octanol–water partition coefficient (Wildman–Crippen LogP) is 1.38. The number of para-hydroxylation sites is 2. The molecule has 0 radical (unpaired) electrons. The van der Waals surface area contributed by atoms with Gasteiger partial charge >= 0.3 is 0 Å². The van der Waals surface area contributed by atoms with Gasteiger partial charge in [-0.2, -0.15) is 0 Å². The smallest absolute Gasteiger partial charge is 0.161 e. The van der Waals surface area contributed by atoms with Crippen molar-refractivity contribution in [3.63, 3.8) is 0 Å². The highest BCUT2D eigenvalue weighted by atomic mass is 16.5. The van der Waals surface area contributed by atoms with Crippen molar-refractivity contribution in [3.8, 4) is 11.5 Å². The molecule has 1 aliphatic rings. The van der Waals surface area contributed by atoms with Gasteiger partial charge in [0.15, 0.2) is 11.5 Å². The normalized spacial score (nSPS) is 19.4. The third-order valence-electron chi connectivity index (χ3n) is 3.68. The zero-order chi connectivity index (χ0) is 14.9. The molecule has 1 saturated heterocycles. The number of ether oxygens (including phenoxy) is 3. The number of methoxy groups -OCH3 is 1. The van der Waals surface area contributed by atoms with Crippen molar-refractivity contribution in [1.29, 1.82) is 0 Å². The fourth-order valence-corrected chi connectivity index (χ4v) is 2.49. The van der Waals surface area contributed by atoms with Crippen LogP contribution in [0.5, 0.6) is 11.5 Å². The molecular formula is C16H26N2O3. The van der Waals surface area contributed by atoms with Crippen LogP contribution in [0.1, 0.15) is 6.92 Å². The summed E-state index contributed by atoms with van der Waals surface area (Å²) in [7, 11) is 1.66. The van der Waals surface area contributed by atoms with E-state index in [0.717, 1.165) is 50.9 Å². The first-order valence-corrected chi connectivity index (χ1v) is 7.63. The number of likely N-dealkylation sites (N-methyl/N-ethyl adjacent to an activating group) is 1. The van der Waals surface area contributed by atoms with E-state index in [9.17, 15) is 0 Å². The number of morpholine rings is 1. The van der Waals surface area contributed by atoms with Crippen LogP contribution >= 0.6 is 0 Å². The Kier molecular flexibility index (Phi) is 6.79. The lowest BCUT2D eigenvalue weighted by molar-refractivity contribution is -0.0114. The van der Waals surface area contributed by atoms with Crippen molar-refractivity contribution in [1.82, 2.24) is 10.2 Å². The molecule has 1 heterocycles. The molecular weight excluding hydrogens is 268 g/mol. The molecule has 2 rings (SSSR count). The highest BCUT2D eigenvalue weighted by molar-refractivity contribution is 5.39. The lowest BCUT2D eigenvalue weighted by Gasteiger charge is -2.35. The van der Waals surface area contributed by atoms with Gasteiger partial charge in [0, 0.05) is 25.7 Å². The molecule has 5 nitrogen and oxygen atoms in total. The summed E-state index contributed by atoms with van der Waals surface area (Å²) >= 11 is 0. The van der Waals surface area contributed by atoms with E-state index < -0.39 is 0 Å². The van der Waals surface area contributed by atoms with E-state index in [-0.39, 0.29) is 0 Å². The molecule has 21 heavy (non-hydrogen) atoms. The van der Waals surface area contributed by atoms with Crippen LogP contribution in [0.25, 0.3) is 0 Å². The highest BCUT2D eigenvalue weighted by Crippen LogP contribution is 2.25. The second-order valence-corrected chi connectivity index (χ2v) is 5.07. The van der Waals surface area contributed by atoms with Crippen molar-refractivity contribution in [3.05, 3.63) is 24.3 Å². The summed E-state index contributed by atoms with van der Waals surface area (Å²) < 4.78 is 16.7. The molecule has 118 valence electrons. The van der Waals surface area contributed by atoms with Gasteiger partial charge in [-0.05, 0) is 18.7 Å². The first-order chi connectivity index (χ1) is 10.3. The number of rotatable bonds is 8. The maximum atomic E-state index is 5.86. The molecule has 0 saturated carbocycles. The van der Waals surface area contributed by atoms with Crippen LogP contribution in [-0.4, -0.2) is 64.1 Å². The molecule has 0 bridgehead atoms. The van der Waals surface area contributed by atoms with Gasteiger partial charge in [-0.25, -0.2) is 0 Å². The molecule has 0 spiro atoms. The molecule has 1 aliphatic heterocycles. The van der Waals surface area contributed by atoms with Gasteiger partial charge in [0.05, 0.1) is 20.3 Å². The van der Waals surface area contributed by atoms with E-state index in [1.807, 2.05) is 24.3 Å². The quantitative estimate of drug-likeness (QED) is 0.785. The number of hydrogen-bond donors (Lipinski definition) is 1. The van der Waals surface area contributed by atoms with Gasteiger partial charge < -0.3 is 19.5 Å². The van der Waals surface area contributed by atoms with Crippen LogP contribution in [0, 0.1) is 0 Å². The Hall–Kier alpha value is -1.30. The van der Waals surface area contributed by atoms with Gasteiger partial charge in [0.1, 0.15) is 6.61 Å². The number of benzene rings is 1. The minimum atomic E-state index is 0.431. The Balaban J connectivity index is 1.80. The van der Waals surface area contributed by atoms with Crippen molar-refractivity contribution in [2.45, 2.75) is 13.0 Å². The van der Waals surface area contributed by atoms with Crippen molar-refractivity contribution in [2.24, 2.45) is 0 Å². The van der Waals surface area contributed by atoms with Crippen molar-refractivity contribution >= 4 is 0 Å². The minimum Gasteiger partial charge on any atom is -0.493 e. The maximum Gasteiger partial charge on any atom is 0.161 e. The molecule has 1 fully saturated rings. The standard InChI is InChI=1S/C16H26N2O3/c1-3-17-12-14-13-20-10-8-18(14)9-11-21-16-7-5-4-6-15(16)19-2/h4-7,14,17H,3,8-13H2,1-2H3. The SMILES string of the molecule is CCNCC1COCCN1CCOc1ccccc1OC. The monoisotopic (exact) mass is 294 g/mol. The Bertz CT molecular complexity index is 414. The van der Waals surface area contributed by atoms with Crippen LogP contribution in [0.3, 0.4) is 0 Å². The van der Waals surface area contributed by atoms with Crippen LogP contribution in [0.4, 0.5) is 0 Å². The molecule has 1 aromatic rings. The maximum absolute atomic E-state index is 5.86. The largest absolute Gasteiger partial charge is 0.493 e. The molecule has 5 heteroatoms. The van der Waals surface area contributed by atoms with E-state index in [4.69, 9.17) is 14.2 Å². The Morgan fingerprint density at radius 2 is 2.14 bits per heavy atom. The zero-order valence-corrected chi connectivity index (χ0v) is 13.0. The first kappa shape index (κ1) is 16.1. The van der Waals surface area contributed by atoms with Crippen molar-refractivity contribution < 1.29 is 14.2 Å². The molecule has 1 atom stereocenters. The Morgan fingerprint density at radius 1 is 1.33 bits per heavy atom. The zero-order valence-electron chi connectivity index (χ0n) is 13.0. The van der Waals surface area contributed by atoms with E-state index in [2.05, 4.69) is 17.1 Å². The second-order valence-electron chi connectivity index (χ2n) is 5.07. The first-order valence-electron chi connectivity index (χ1n) is 7.63. The third-order valence-corrected chi connectivity index (χ3v) is 3.68. The van der Waals surface area contributed by atoms with Gasteiger partial charge in [-0.15, -0.1) is 0 Å². The topological polar surface area (TPSA) is 43.0 Å². The minimum absolute atomic E-state index is 0.431.